The minimum Gasteiger partial charge on any atom is -0.382 e. The average Bonchev–Trinajstić information content (AvgIpc) is 3.33. The Labute approximate surface area is 231 Å². The number of pyridine rings is 1. The predicted octanol–water partition coefficient (Wildman–Crippen LogP) is 4.29. The zero-order valence-corrected chi connectivity index (χ0v) is 21.9. The Morgan fingerprint density at radius 2 is 1.80 bits per heavy atom. The van der Waals surface area contributed by atoms with Gasteiger partial charge in [0.2, 0.25) is 0 Å². The molecular formula is C27H25F4N7O3. The summed E-state index contributed by atoms with van der Waals surface area (Å²) in [5, 5.41) is 2.36. The molecule has 1 saturated heterocycles. The van der Waals surface area contributed by atoms with Crippen LogP contribution in [0.3, 0.4) is 0 Å². The fraction of sp³-hybridized carbons (Fsp3) is 0.296. The summed E-state index contributed by atoms with van der Waals surface area (Å²) in [5.41, 5.74) is 4.85. The van der Waals surface area contributed by atoms with Crippen LogP contribution in [-0.2, 0) is 15.7 Å². The number of nitrogens with two attached hydrogens (primary N) is 1. The Balaban J connectivity index is 1.42. The number of hydrogen-bond acceptors (Lipinski definition) is 7. The maximum absolute atomic E-state index is 14.3. The third-order valence-electron chi connectivity index (χ3n) is 6.51. The molecule has 0 aliphatic carbocycles. The number of nitrogens with zero attached hydrogens (tertiary/aromatic N) is 5. The Morgan fingerprint density at radius 1 is 1.07 bits per heavy atom. The molecule has 0 bridgehead atoms. The van der Waals surface area contributed by atoms with Crippen molar-refractivity contribution >= 4 is 29.0 Å². The summed E-state index contributed by atoms with van der Waals surface area (Å²) in [6.45, 7) is 2.91. The fourth-order valence-electron chi connectivity index (χ4n) is 4.52. The van der Waals surface area contributed by atoms with Crippen molar-refractivity contribution in [3.8, 4) is 11.3 Å². The van der Waals surface area contributed by atoms with E-state index in [1.54, 1.807) is 22.7 Å². The van der Waals surface area contributed by atoms with Gasteiger partial charge in [-0.3, -0.25) is 14.0 Å². The van der Waals surface area contributed by atoms with Gasteiger partial charge in [0.15, 0.2) is 5.67 Å². The van der Waals surface area contributed by atoms with Crippen LogP contribution in [0.2, 0.25) is 0 Å². The van der Waals surface area contributed by atoms with Crippen molar-refractivity contribution in [2.24, 2.45) is 0 Å². The third-order valence-corrected chi connectivity index (χ3v) is 6.51. The van der Waals surface area contributed by atoms with Gasteiger partial charge in [0.05, 0.1) is 18.7 Å². The van der Waals surface area contributed by atoms with Gasteiger partial charge in [-0.15, -0.1) is 0 Å². The molecule has 2 amide bonds. The maximum Gasteiger partial charge on any atom is 0.416 e. The molecule has 3 aromatic heterocycles. The normalized spacial score (nSPS) is 16.1. The molecule has 1 atom stereocenters. The van der Waals surface area contributed by atoms with Crippen LogP contribution in [0.15, 0.2) is 55.0 Å². The standard InChI is InChI=1S/C27H25F4N7O3/c1-26(2,28)25(40)37-11-12-41-18(14-37)23-36-20(21-22(32)34-9-10-38(21)23)15-3-5-16(6-4-15)24(39)35-19-13-17(7-8-33-19)27(29,30)31/h3-10,13,18H,11-12,14H2,1-2H3,(H2,32,34)(H,33,35,39)/t18-/m0/s1. The van der Waals surface area contributed by atoms with E-state index in [1.807, 2.05) is 0 Å². The Kier molecular flexibility index (Phi) is 7.11. The van der Waals surface area contributed by atoms with E-state index >= 15 is 0 Å². The Morgan fingerprint density at radius 3 is 2.49 bits per heavy atom. The van der Waals surface area contributed by atoms with E-state index in [1.165, 1.54) is 37.1 Å². The molecule has 4 aromatic rings. The van der Waals surface area contributed by atoms with Crippen LogP contribution in [0.5, 0.6) is 0 Å². The molecule has 5 rings (SSSR count). The lowest BCUT2D eigenvalue weighted by Gasteiger charge is -2.34. The van der Waals surface area contributed by atoms with Crippen LogP contribution in [0.4, 0.5) is 29.2 Å². The number of nitrogen functional groups attached to an aromatic ring is 1. The number of rotatable bonds is 5. The second-order valence-electron chi connectivity index (χ2n) is 9.89. The molecule has 1 fully saturated rings. The summed E-state index contributed by atoms with van der Waals surface area (Å²) < 4.78 is 60.9. The first-order chi connectivity index (χ1) is 19.3. The highest BCUT2D eigenvalue weighted by molar-refractivity contribution is 6.04. The molecule has 0 saturated carbocycles. The number of carbonyl (C=O) groups excluding carboxylic acids is 2. The summed E-state index contributed by atoms with van der Waals surface area (Å²) in [6, 6.07) is 7.74. The fourth-order valence-corrected chi connectivity index (χ4v) is 4.52. The molecule has 214 valence electrons. The summed E-state index contributed by atoms with van der Waals surface area (Å²) in [4.78, 5) is 39.3. The van der Waals surface area contributed by atoms with E-state index in [0.717, 1.165) is 18.3 Å². The maximum atomic E-state index is 14.3. The van der Waals surface area contributed by atoms with Crippen molar-refractivity contribution in [3.05, 3.63) is 71.9 Å². The lowest BCUT2D eigenvalue weighted by Crippen LogP contribution is -2.49. The number of fused-ring (bicyclic) bond motifs is 1. The first-order valence-corrected chi connectivity index (χ1v) is 12.5. The van der Waals surface area contributed by atoms with Crippen molar-refractivity contribution in [3.63, 3.8) is 0 Å². The number of morpholine rings is 1. The number of hydrogen-bond donors (Lipinski definition) is 2. The highest BCUT2D eigenvalue weighted by Gasteiger charge is 2.37. The average molecular weight is 572 g/mol. The van der Waals surface area contributed by atoms with Gasteiger partial charge in [-0.25, -0.2) is 19.3 Å². The van der Waals surface area contributed by atoms with Crippen LogP contribution < -0.4 is 11.1 Å². The van der Waals surface area contributed by atoms with Crippen molar-refractivity contribution < 1.29 is 31.9 Å². The molecule has 1 aromatic carbocycles. The van der Waals surface area contributed by atoms with Crippen molar-refractivity contribution in [2.75, 3.05) is 30.7 Å². The van der Waals surface area contributed by atoms with Crippen LogP contribution in [0, 0.1) is 0 Å². The van der Waals surface area contributed by atoms with Gasteiger partial charge >= 0.3 is 6.18 Å². The second-order valence-corrected chi connectivity index (χ2v) is 9.89. The van der Waals surface area contributed by atoms with Gasteiger partial charge in [-0.1, -0.05) is 12.1 Å². The number of halogens is 4. The minimum absolute atomic E-state index is 0.0790. The zero-order chi connectivity index (χ0) is 29.5. The molecule has 1 aliphatic heterocycles. The summed E-state index contributed by atoms with van der Waals surface area (Å²) in [6.07, 6.45) is -1.16. The summed E-state index contributed by atoms with van der Waals surface area (Å²) in [5.74, 6) is -0.949. The van der Waals surface area contributed by atoms with Gasteiger partial charge < -0.3 is 20.7 Å². The molecule has 1 aliphatic rings. The van der Waals surface area contributed by atoms with Gasteiger partial charge in [-0.2, -0.15) is 13.2 Å². The van der Waals surface area contributed by atoms with E-state index < -0.39 is 35.3 Å². The van der Waals surface area contributed by atoms with Crippen LogP contribution in [-0.4, -0.2) is 61.4 Å². The van der Waals surface area contributed by atoms with Gasteiger partial charge in [0.25, 0.3) is 11.8 Å². The van der Waals surface area contributed by atoms with Gasteiger partial charge in [0.1, 0.15) is 34.8 Å². The number of anilines is 2. The molecule has 0 unspecified atom stereocenters. The molecule has 14 heteroatoms. The topological polar surface area (TPSA) is 128 Å². The monoisotopic (exact) mass is 571 g/mol. The largest absolute Gasteiger partial charge is 0.416 e. The van der Waals surface area contributed by atoms with Crippen molar-refractivity contribution in [1.82, 2.24) is 24.3 Å². The molecule has 3 N–H and O–H groups in total. The van der Waals surface area contributed by atoms with Crippen LogP contribution in [0.1, 0.15) is 41.7 Å². The number of imidazole rings is 1. The van der Waals surface area contributed by atoms with E-state index in [2.05, 4.69) is 15.3 Å². The Bertz CT molecular complexity index is 1610. The second kappa shape index (κ2) is 10.4. The lowest BCUT2D eigenvalue weighted by atomic mass is 10.1. The molecular weight excluding hydrogens is 546 g/mol. The van der Waals surface area contributed by atoms with Crippen LogP contribution in [0.25, 0.3) is 16.8 Å². The first kappa shape index (κ1) is 28.0. The lowest BCUT2D eigenvalue weighted by molar-refractivity contribution is -0.149. The number of nitrogens with one attached hydrogen (secondary N) is 1. The molecule has 4 heterocycles. The zero-order valence-electron chi connectivity index (χ0n) is 21.9. The quantitative estimate of drug-likeness (QED) is 0.342. The highest BCUT2D eigenvalue weighted by Crippen LogP contribution is 2.33. The number of ether oxygens (including phenoxy) is 1. The van der Waals surface area contributed by atoms with E-state index in [-0.39, 0.29) is 36.9 Å². The Hall–Kier alpha value is -4.59. The predicted molar refractivity (Wildman–Crippen MR) is 140 cm³/mol. The van der Waals surface area contributed by atoms with Crippen molar-refractivity contribution in [2.45, 2.75) is 31.8 Å². The highest BCUT2D eigenvalue weighted by atomic mass is 19.4. The molecule has 0 radical (unpaired) electrons. The number of amides is 2. The van der Waals surface area contributed by atoms with E-state index in [4.69, 9.17) is 15.5 Å². The van der Waals surface area contributed by atoms with E-state index in [9.17, 15) is 27.2 Å². The molecule has 41 heavy (non-hydrogen) atoms. The van der Waals surface area contributed by atoms with Crippen molar-refractivity contribution in [1.29, 1.82) is 0 Å². The SMILES string of the molecule is CC(C)(F)C(=O)N1CCO[C@H](c2nc(-c3ccc(C(=O)Nc4cc(C(F)(F)F)ccn4)cc3)c3c(N)nccn23)C1. The molecule has 10 nitrogen and oxygen atoms in total. The van der Waals surface area contributed by atoms with E-state index in [0.29, 0.717) is 22.6 Å². The molecule has 0 spiro atoms. The first-order valence-electron chi connectivity index (χ1n) is 12.5. The number of carbonyl (C=O) groups is 2. The number of benzene rings is 1. The van der Waals surface area contributed by atoms with Crippen LogP contribution >= 0.6 is 0 Å². The number of alkyl halides is 4. The summed E-state index contributed by atoms with van der Waals surface area (Å²) >= 11 is 0. The third kappa shape index (κ3) is 5.68. The smallest absolute Gasteiger partial charge is 0.382 e. The van der Waals surface area contributed by atoms with Gasteiger partial charge in [0, 0.05) is 36.3 Å². The number of aromatic nitrogens is 4. The minimum atomic E-state index is -4.58. The van der Waals surface area contributed by atoms with Gasteiger partial charge in [-0.05, 0) is 38.1 Å². The summed E-state index contributed by atoms with van der Waals surface area (Å²) in [7, 11) is 0.